The van der Waals surface area contributed by atoms with Crippen LogP contribution in [0.3, 0.4) is 0 Å². The van der Waals surface area contributed by atoms with E-state index in [1.807, 2.05) is 13.1 Å². The molecule has 3 heteroatoms. The van der Waals surface area contributed by atoms with Gasteiger partial charge in [-0.25, -0.2) is 4.98 Å². The average Bonchev–Trinajstić information content (AvgIpc) is 3.20. The van der Waals surface area contributed by atoms with Crippen LogP contribution >= 0.6 is 0 Å². The van der Waals surface area contributed by atoms with Crippen LogP contribution in [0.2, 0.25) is 0 Å². The standard InChI is InChI=1S/C15H18N2O/c1-16-9-13-8-12-4-2-3-5-14(12)15(17-13)18-10-11-6-7-11/h2-5,8,11,16H,6-7,9-10H2,1H3. The Labute approximate surface area is 107 Å². The van der Waals surface area contributed by atoms with Crippen molar-refractivity contribution in [3.8, 4) is 5.88 Å². The van der Waals surface area contributed by atoms with E-state index in [1.54, 1.807) is 0 Å². The van der Waals surface area contributed by atoms with Gasteiger partial charge in [-0.15, -0.1) is 0 Å². The quantitative estimate of drug-likeness (QED) is 0.875. The molecule has 2 aromatic rings. The third-order valence-corrected chi connectivity index (χ3v) is 3.27. The van der Waals surface area contributed by atoms with E-state index < -0.39 is 0 Å². The van der Waals surface area contributed by atoms with Gasteiger partial charge < -0.3 is 10.1 Å². The van der Waals surface area contributed by atoms with Crippen molar-refractivity contribution in [2.24, 2.45) is 5.92 Å². The first-order valence-corrected chi connectivity index (χ1v) is 6.53. The minimum Gasteiger partial charge on any atom is -0.477 e. The van der Waals surface area contributed by atoms with E-state index >= 15 is 0 Å². The molecule has 3 nitrogen and oxygen atoms in total. The Hall–Kier alpha value is -1.61. The fourth-order valence-electron chi connectivity index (χ4n) is 2.08. The minimum atomic E-state index is 0.749. The Kier molecular flexibility index (Phi) is 3.15. The molecule has 0 unspecified atom stereocenters. The molecule has 1 aromatic carbocycles. The molecule has 1 N–H and O–H groups in total. The second-order valence-electron chi connectivity index (χ2n) is 4.92. The zero-order valence-corrected chi connectivity index (χ0v) is 10.6. The largest absolute Gasteiger partial charge is 0.477 e. The molecule has 0 bridgehead atoms. The number of pyridine rings is 1. The SMILES string of the molecule is CNCc1cc2ccccc2c(OCC2CC2)n1. The summed E-state index contributed by atoms with van der Waals surface area (Å²) in [7, 11) is 1.93. The minimum absolute atomic E-state index is 0.749. The Morgan fingerprint density at radius 1 is 1.33 bits per heavy atom. The first kappa shape index (κ1) is 11.5. The van der Waals surface area contributed by atoms with Gasteiger partial charge in [0.05, 0.1) is 12.3 Å². The summed E-state index contributed by atoms with van der Waals surface area (Å²) in [5.74, 6) is 1.53. The van der Waals surface area contributed by atoms with E-state index in [1.165, 1.54) is 18.2 Å². The van der Waals surface area contributed by atoms with Crippen molar-refractivity contribution in [1.82, 2.24) is 10.3 Å². The zero-order valence-electron chi connectivity index (χ0n) is 10.6. The van der Waals surface area contributed by atoms with Crippen molar-refractivity contribution in [2.75, 3.05) is 13.7 Å². The molecule has 0 spiro atoms. The molecule has 1 aliphatic carbocycles. The molecule has 18 heavy (non-hydrogen) atoms. The lowest BCUT2D eigenvalue weighted by atomic mass is 10.1. The van der Waals surface area contributed by atoms with E-state index in [2.05, 4.69) is 34.6 Å². The van der Waals surface area contributed by atoms with Crippen molar-refractivity contribution in [3.63, 3.8) is 0 Å². The summed E-state index contributed by atoms with van der Waals surface area (Å²) >= 11 is 0. The van der Waals surface area contributed by atoms with Gasteiger partial charge in [0.25, 0.3) is 0 Å². The van der Waals surface area contributed by atoms with Crippen LogP contribution in [0.5, 0.6) is 5.88 Å². The lowest BCUT2D eigenvalue weighted by Crippen LogP contribution is -2.09. The van der Waals surface area contributed by atoms with Gasteiger partial charge >= 0.3 is 0 Å². The topological polar surface area (TPSA) is 34.1 Å². The maximum atomic E-state index is 5.89. The second-order valence-corrected chi connectivity index (χ2v) is 4.92. The monoisotopic (exact) mass is 242 g/mol. The summed E-state index contributed by atoms with van der Waals surface area (Å²) in [6.07, 6.45) is 2.60. The Morgan fingerprint density at radius 2 is 2.17 bits per heavy atom. The molecule has 1 aliphatic rings. The highest BCUT2D eigenvalue weighted by Gasteiger charge is 2.22. The first-order valence-electron chi connectivity index (χ1n) is 6.53. The lowest BCUT2D eigenvalue weighted by Gasteiger charge is -2.10. The van der Waals surface area contributed by atoms with E-state index in [4.69, 9.17) is 4.74 Å². The summed E-state index contributed by atoms with van der Waals surface area (Å²) in [5.41, 5.74) is 1.03. The van der Waals surface area contributed by atoms with Gasteiger partial charge in [-0.2, -0.15) is 0 Å². The molecule has 1 heterocycles. The molecule has 0 atom stereocenters. The number of rotatable bonds is 5. The summed E-state index contributed by atoms with van der Waals surface area (Å²) in [4.78, 5) is 4.61. The van der Waals surface area contributed by atoms with Gasteiger partial charge in [0.1, 0.15) is 0 Å². The lowest BCUT2D eigenvalue weighted by molar-refractivity contribution is 0.291. The molecular formula is C15H18N2O. The summed E-state index contributed by atoms with van der Waals surface area (Å²) in [6.45, 7) is 1.57. The number of fused-ring (bicyclic) bond motifs is 1. The molecule has 1 aromatic heterocycles. The van der Waals surface area contributed by atoms with Crippen LogP contribution in [0.15, 0.2) is 30.3 Å². The smallest absolute Gasteiger partial charge is 0.221 e. The molecule has 1 fully saturated rings. The Balaban J connectivity index is 1.95. The summed E-state index contributed by atoms with van der Waals surface area (Å²) < 4.78 is 5.89. The first-order chi connectivity index (χ1) is 8.86. The third kappa shape index (κ3) is 2.46. The highest BCUT2D eigenvalue weighted by molar-refractivity contribution is 5.87. The van der Waals surface area contributed by atoms with E-state index in [0.29, 0.717) is 0 Å². The van der Waals surface area contributed by atoms with Gasteiger partial charge in [-0.05, 0) is 43.3 Å². The molecule has 0 aliphatic heterocycles. The van der Waals surface area contributed by atoms with Crippen LogP contribution < -0.4 is 10.1 Å². The van der Waals surface area contributed by atoms with Crippen LogP contribution in [0.4, 0.5) is 0 Å². The normalized spacial score (nSPS) is 14.9. The molecule has 0 amide bonds. The van der Waals surface area contributed by atoms with Crippen molar-refractivity contribution in [1.29, 1.82) is 0 Å². The fraction of sp³-hybridized carbons (Fsp3) is 0.400. The predicted molar refractivity (Wildman–Crippen MR) is 72.7 cm³/mol. The number of hydrogen-bond donors (Lipinski definition) is 1. The average molecular weight is 242 g/mol. The summed E-state index contributed by atoms with van der Waals surface area (Å²) in [5, 5.41) is 5.44. The molecule has 0 saturated heterocycles. The van der Waals surface area contributed by atoms with Gasteiger partial charge in [-0.3, -0.25) is 0 Å². The van der Waals surface area contributed by atoms with E-state index in [-0.39, 0.29) is 0 Å². The Bertz CT molecular complexity index is 549. The van der Waals surface area contributed by atoms with Crippen molar-refractivity contribution >= 4 is 10.8 Å². The van der Waals surface area contributed by atoms with Gasteiger partial charge in [-0.1, -0.05) is 18.2 Å². The Morgan fingerprint density at radius 3 is 2.94 bits per heavy atom. The van der Waals surface area contributed by atoms with E-state index in [0.717, 1.165) is 36.0 Å². The zero-order chi connectivity index (χ0) is 12.4. The molecular weight excluding hydrogens is 224 g/mol. The molecule has 3 rings (SSSR count). The van der Waals surface area contributed by atoms with Crippen LogP contribution in [0.1, 0.15) is 18.5 Å². The fourth-order valence-corrected chi connectivity index (χ4v) is 2.08. The van der Waals surface area contributed by atoms with Crippen molar-refractivity contribution in [3.05, 3.63) is 36.0 Å². The maximum absolute atomic E-state index is 5.89. The third-order valence-electron chi connectivity index (χ3n) is 3.27. The van der Waals surface area contributed by atoms with Crippen LogP contribution in [-0.2, 0) is 6.54 Å². The maximum Gasteiger partial charge on any atom is 0.221 e. The van der Waals surface area contributed by atoms with Crippen LogP contribution in [0, 0.1) is 5.92 Å². The number of ether oxygens (including phenoxy) is 1. The van der Waals surface area contributed by atoms with Crippen molar-refractivity contribution < 1.29 is 4.74 Å². The van der Waals surface area contributed by atoms with Gasteiger partial charge in [0, 0.05) is 11.9 Å². The van der Waals surface area contributed by atoms with Crippen LogP contribution in [-0.4, -0.2) is 18.6 Å². The van der Waals surface area contributed by atoms with Crippen molar-refractivity contribution in [2.45, 2.75) is 19.4 Å². The number of nitrogens with zero attached hydrogens (tertiary/aromatic N) is 1. The number of hydrogen-bond acceptors (Lipinski definition) is 3. The molecule has 94 valence electrons. The van der Waals surface area contributed by atoms with Gasteiger partial charge in [0.15, 0.2) is 0 Å². The van der Waals surface area contributed by atoms with Crippen LogP contribution in [0.25, 0.3) is 10.8 Å². The highest BCUT2D eigenvalue weighted by Crippen LogP contribution is 2.31. The summed E-state index contributed by atoms with van der Waals surface area (Å²) in [6, 6.07) is 10.4. The predicted octanol–water partition coefficient (Wildman–Crippen LogP) is 2.74. The van der Waals surface area contributed by atoms with Gasteiger partial charge in [0.2, 0.25) is 5.88 Å². The molecule has 1 saturated carbocycles. The molecule has 0 radical (unpaired) electrons. The van der Waals surface area contributed by atoms with E-state index in [9.17, 15) is 0 Å². The number of nitrogens with one attached hydrogen (secondary N) is 1. The number of benzene rings is 1. The second kappa shape index (κ2) is 4.94. The highest BCUT2D eigenvalue weighted by atomic mass is 16.5. The number of aromatic nitrogens is 1.